The van der Waals surface area contributed by atoms with E-state index < -0.39 is 0 Å². The SMILES string of the molecule is CCN(CC)CC1CNc2ccc(F)cc2C1. The number of rotatable bonds is 4. The van der Waals surface area contributed by atoms with Crippen LogP contribution in [0.15, 0.2) is 18.2 Å². The van der Waals surface area contributed by atoms with Crippen molar-refractivity contribution in [2.75, 3.05) is 31.5 Å². The van der Waals surface area contributed by atoms with E-state index in [1.807, 2.05) is 6.07 Å². The molecule has 1 aromatic carbocycles. The molecule has 1 heterocycles. The van der Waals surface area contributed by atoms with Crippen LogP contribution in [0.2, 0.25) is 0 Å². The lowest BCUT2D eigenvalue weighted by Crippen LogP contribution is -2.35. The normalized spacial score (nSPS) is 18.9. The molecule has 2 rings (SSSR count). The van der Waals surface area contributed by atoms with Gasteiger partial charge in [0.25, 0.3) is 0 Å². The molecule has 0 radical (unpaired) electrons. The first kappa shape index (κ1) is 12.4. The third kappa shape index (κ3) is 2.97. The lowest BCUT2D eigenvalue weighted by molar-refractivity contribution is 0.254. The van der Waals surface area contributed by atoms with Crippen molar-refractivity contribution >= 4 is 5.69 Å². The lowest BCUT2D eigenvalue weighted by Gasteiger charge is -2.30. The van der Waals surface area contributed by atoms with E-state index in [-0.39, 0.29) is 5.82 Å². The summed E-state index contributed by atoms with van der Waals surface area (Å²) in [5.74, 6) is 0.457. The fourth-order valence-corrected chi connectivity index (χ4v) is 2.52. The fraction of sp³-hybridized carbons (Fsp3) is 0.571. The molecule has 1 unspecified atom stereocenters. The Balaban J connectivity index is 2.02. The summed E-state index contributed by atoms with van der Waals surface area (Å²) in [7, 11) is 0. The minimum Gasteiger partial charge on any atom is -0.384 e. The number of fused-ring (bicyclic) bond motifs is 1. The van der Waals surface area contributed by atoms with E-state index in [9.17, 15) is 4.39 Å². The van der Waals surface area contributed by atoms with Gasteiger partial charge in [-0.1, -0.05) is 13.8 Å². The van der Waals surface area contributed by atoms with Crippen molar-refractivity contribution in [2.24, 2.45) is 5.92 Å². The molecule has 0 amide bonds. The average molecular weight is 236 g/mol. The predicted molar refractivity (Wildman–Crippen MR) is 69.9 cm³/mol. The molecule has 1 N–H and O–H groups in total. The van der Waals surface area contributed by atoms with E-state index >= 15 is 0 Å². The summed E-state index contributed by atoms with van der Waals surface area (Å²) in [6, 6.07) is 5.03. The van der Waals surface area contributed by atoms with Gasteiger partial charge in [0.15, 0.2) is 0 Å². The smallest absolute Gasteiger partial charge is 0.123 e. The molecule has 3 heteroatoms. The highest BCUT2D eigenvalue weighted by atomic mass is 19.1. The van der Waals surface area contributed by atoms with Crippen LogP contribution in [0.4, 0.5) is 10.1 Å². The van der Waals surface area contributed by atoms with Crippen LogP contribution in [0, 0.1) is 11.7 Å². The minimum atomic E-state index is -0.131. The highest BCUT2D eigenvalue weighted by molar-refractivity contribution is 5.53. The van der Waals surface area contributed by atoms with Gasteiger partial charge >= 0.3 is 0 Å². The number of nitrogens with zero attached hydrogens (tertiary/aromatic N) is 1. The van der Waals surface area contributed by atoms with Gasteiger partial charge in [-0.25, -0.2) is 4.39 Å². The Kier molecular flexibility index (Phi) is 4.00. The molecule has 1 aromatic rings. The van der Waals surface area contributed by atoms with E-state index in [4.69, 9.17) is 0 Å². The summed E-state index contributed by atoms with van der Waals surface area (Å²) in [6.07, 6.45) is 0.983. The molecular formula is C14H21FN2. The van der Waals surface area contributed by atoms with Crippen molar-refractivity contribution < 1.29 is 4.39 Å². The van der Waals surface area contributed by atoms with Gasteiger partial charge in [0.05, 0.1) is 0 Å². The summed E-state index contributed by atoms with van der Waals surface area (Å²) in [6.45, 7) is 8.64. The number of hydrogen-bond acceptors (Lipinski definition) is 2. The molecule has 17 heavy (non-hydrogen) atoms. The van der Waals surface area contributed by atoms with Crippen LogP contribution in [0.1, 0.15) is 19.4 Å². The molecule has 1 aliphatic rings. The monoisotopic (exact) mass is 236 g/mol. The Labute approximate surface area is 103 Å². The van der Waals surface area contributed by atoms with Gasteiger partial charge in [-0.2, -0.15) is 0 Å². The standard InChI is InChI=1S/C14H21FN2/c1-3-17(4-2)10-11-7-12-8-13(15)5-6-14(12)16-9-11/h5-6,8,11,16H,3-4,7,9-10H2,1-2H3. The second-order valence-electron chi connectivity index (χ2n) is 4.74. The van der Waals surface area contributed by atoms with E-state index in [1.54, 1.807) is 6.07 Å². The van der Waals surface area contributed by atoms with Crippen molar-refractivity contribution in [1.29, 1.82) is 0 Å². The molecule has 0 aromatic heterocycles. The first-order valence-electron chi connectivity index (χ1n) is 6.47. The zero-order valence-electron chi connectivity index (χ0n) is 10.7. The number of hydrogen-bond donors (Lipinski definition) is 1. The average Bonchev–Trinajstić information content (AvgIpc) is 2.35. The molecule has 0 aliphatic carbocycles. The molecule has 1 aliphatic heterocycles. The third-order valence-corrected chi connectivity index (χ3v) is 3.57. The van der Waals surface area contributed by atoms with E-state index in [0.29, 0.717) is 5.92 Å². The van der Waals surface area contributed by atoms with Gasteiger partial charge in [0, 0.05) is 18.8 Å². The predicted octanol–water partition coefficient (Wildman–Crippen LogP) is 2.75. The van der Waals surface area contributed by atoms with Crippen LogP contribution < -0.4 is 5.32 Å². The maximum absolute atomic E-state index is 13.2. The van der Waals surface area contributed by atoms with Crippen molar-refractivity contribution in [3.63, 3.8) is 0 Å². The molecule has 0 spiro atoms. The fourth-order valence-electron chi connectivity index (χ4n) is 2.52. The zero-order chi connectivity index (χ0) is 12.3. The maximum atomic E-state index is 13.2. The Hall–Kier alpha value is -1.09. The van der Waals surface area contributed by atoms with Crippen molar-refractivity contribution in [1.82, 2.24) is 4.90 Å². The van der Waals surface area contributed by atoms with Crippen molar-refractivity contribution in [3.05, 3.63) is 29.6 Å². The quantitative estimate of drug-likeness (QED) is 0.864. The van der Waals surface area contributed by atoms with Crippen LogP contribution in [-0.2, 0) is 6.42 Å². The Morgan fingerprint density at radius 1 is 1.35 bits per heavy atom. The van der Waals surface area contributed by atoms with Crippen LogP contribution in [0.25, 0.3) is 0 Å². The highest BCUT2D eigenvalue weighted by Gasteiger charge is 2.20. The van der Waals surface area contributed by atoms with Gasteiger partial charge in [-0.15, -0.1) is 0 Å². The van der Waals surface area contributed by atoms with Crippen LogP contribution in [0.3, 0.4) is 0 Å². The molecule has 94 valence electrons. The van der Waals surface area contributed by atoms with E-state index in [0.717, 1.165) is 43.9 Å². The van der Waals surface area contributed by atoms with Gasteiger partial charge in [-0.3, -0.25) is 0 Å². The maximum Gasteiger partial charge on any atom is 0.123 e. The number of benzene rings is 1. The number of halogens is 1. The molecule has 2 nitrogen and oxygen atoms in total. The van der Waals surface area contributed by atoms with Crippen molar-refractivity contribution in [2.45, 2.75) is 20.3 Å². The van der Waals surface area contributed by atoms with Crippen LogP contribution in [-0.4, -0.2) is 31.1 Å². The first-order chi connectivity index (χ1) is 8.22. The molecule has 1 atom stereocenters. The molecule has 0 bridgehead atoms. The summed E-state index contributed by atoms with van der Waals surface area (Å²) in [5.41, 5.74) is 2.22. The number of nitrogens with one attached hydrogen (secondary N) is 1. The van der Waals surface area contributed by atoms with Crippen molar-refractivity contribution in [3.8, 4) is 0 Å². The molecule has 0 saturated carbocycles. The van der Waals surface area contributed by atoms with Gasteiger partial charge in [0.2, 0.25) is 0 Å². The lowest BCUT2D eigenvalue weighted by atomic mass is 9.93. The second kappa shape index (κ2) is 5.50. The first-order valence-corrected chi connectivity index (χ1v) is 6.47. The molecular weight excluding hydrogens is 215 g/mol. The largest absolute Gasteiger partial charge is 0.384 e. The van der Waals surface area contributed by atoms with Gasteiger partial charge in [0.1, 0.15) is 5.82 Å². The van der Waals surface area contributed by atoms with Gasteiger partial charge in [-0.05, 0) is 49.2 Å². The Morgan fingerprint density at radius 2 is 2.12 bits per heavy atom. The van der Waals surface area contributed by atoms with Gasteiger partial charge < -0.3 is 10.2 Å². The summed E-state index contributed by atoms with van der Waals surface area (Å²) < 4.78 is 13.2. The summed E-state index contributed by atoms with van der Waals surface area (Å²) in [5, 5.41) is 3.40. The molecule has 0 saturated heterocycles. The van der Waals surface area contributed by atoms with Crippen LogP contribution in [0.5, 0.6) is 0 Å². The van der Waals surface area contributed by atoms with E-state index in [1.165, 1.54) is 6.07 Å². The zero-order valence-corrected chi connectivity index (χ0v) is 10.7. The topological polar surface area (TPSA) is 15.3 Å². The van der Waals surface area contributed by atoms with E-state index in [2.05, 4.69) is 24.1 Å². The Bertz CT molecular complexity index is 374. The summed E-state index contributed by atoms with van der Waals surface area (Å²) in [4.78, 5) is 2.43. The summed E-state index contributed by atoms with van der Waals surface area (Å²) >= 11 is 0. The Morgan fingerprint density at radius 3 is 2.82 bits per heavy atom. The number of anilines is 1. The third-order valence-electron chi connectivity index (χ3n) is 3.57. The molecule has 0 fully saturated rings. The minimum absolute atomic E-state index is 0.131. The van der Waals surface area contributed by atoms with Crippen LogP contribution >= 0.6 is 0 Å². The second-order valence-corrected chi connectivity index (χ2v) is 4.74. The highest BCUT2D eigenvalue weighted by Crippen LogP contribution is 2.25.